The minimum absolute atomic E-state index is 0.260. The first-order valence-corrected chi connectivity index (χ1v) is 9.95. The SMILES string of the molecule is C=CCc1cc(C=C2SC(=O)N(Cc3ccc(C)cc3)C2=O)cc(OC)c1OC. The van der Waals surface area contributed by atoms with Crippen molar-refractivity contribution >= 4 is 29.0 Å². The number of carbonyl (C=O) groups excluding carboxylic acids is 2. The highest BCUT2D eigenvalue weighted by Crippen LogP contribution is 2.37. The normalized spacial score (nSPS) is 15.1. The van der Waals surface area contributed by atoms with Crippen molar-refractivity contribution in [1.29, 1.82) is 0 Å². The Kier molecular flexibility index (Phi) is 6.44. The van der Waals surface area contributed by atoms with Gasteiger partial charge < -0.3 is 9.47 Å². The Labute approximate surface area is 175 Å². The van der Waals surface area contributed by atoms with Crippen LogP contribution in [0.2, 0.25) is 0 Å². The zero-order chi connectivity index (χ0) is 21.0. The maximum absolute atomic E-state index is 12.8. The number of allylic oxidation sites excluding steroid dienone is 1. The molecule has 150 valence electrons. The van der Waals surface area contributed by atoms with Crippen molar-refractivity contribution in [2.24, 2.45) is 0 Å². The number of benzene rings is 2. The molecule has 29 heavy (non-hydrogen) atoms. The molecular weight excluding hydrogens is 386 g/mol. The number of nitrogens with zero attached hydrogens (tertiary/aromatic N) is 1. The Bertz CT molecular complexity index is 979. The molecule has 2 aromatic carbocycles. The molecule has 1 aliphatic rings. The first kappa shape index (κ1) is 20.7. The molecule has 0 radical (unpaired) electrons. The Morgan fingerprint density at radius 1 is 1.10 bits per heavy atom. The van der Waals surface area contributed by atoms with E-state index in [-0.39, 0.29) is 17.7 Å². The second-order valence-electron chi connectivity index (χ2n) is 6.66. The lowest BCUT2D eigenvalue weighted by atomic mass is 10.0. The van der Waals surface area contributed by atoms with Gasteiger partial charge >= 0.3 is 0 Å². The number of ether oxygens (including phenoxy) is 2. The lowest BCUT2D eigenvalue weighted by Crippen LogP contribution is -2.27. The molecule has 2 amide bonds. The van der Waals surface area contributed by atoms with E-state index in [2.05, 4.69) is 6.58 Å². The Balaban J connectivity index is 1.89. The molecule has 1 heterocycles. The average Bonchev–Trinajstić information content (AvgIpc) is 2.96. The van der Waals surface area contributed by atoms with Crippen LogP contribution >= 0.6 is 11.8 Å². The van der Waals surface area contributed by atoms with Crippen molar-refractivity contribution < 1.29 is 19.1 Å². The summed E-state index contributed by atoms with van der Waals surface area (Å²) in [7, 11) is 3.15. The molecule has 1 aliphatic heterocycles. The molecule has 0 aromatic heterocycles. The van der Waals surface area contributed by atoms with Crippen molar-refractivity contribution in [3.8, 4) is 11.5 Å². The predicted octanol–water partition coefficient (Wildman–Crippen LogP) is 4.98. The van der Waals surface area contributed by atoms with E-state index in [1.165, 1.54) is 4.90 Å². The van der Waals surface area contributed by atoms with E-state index in [9.17, 15) is 9.59 Å². The Hall–Kier alpha value is -2.99. The molecule has 1 saturated heterocycles. The van der Waals surface area contributed by atoms with Gasteiger partial charge in [-0.1, -0.05) is 35.9 Å². The Morgan fingerprint density at radius 2 is 1.83 bits per heavy atom. The summed E-state index contributed by atoms with van der Waals surface area (Å²) in [6.45, 7) is 6.03. The van der Waals surface area contributed by atoms with Gasteiger partial charge in [-0.15, -0.1) is 6.58 Å². The summed E-state index contributed by atoms with van der Waals surface area (Å²) < 4.78 is 10.9. The summed E-state index contributed by atoms with van der Waals surface area (Å²) in [6, 6.07) is 11.5. The lowest BCUT2D eigenvalue weighted by Gasteiger charge is -2.14. The van der Waals surface area contributed by atoms with Crippen molar-refractivity contribution in [1.82, 2.24) is 4.90 Å². The number of hydrogen-bond donors (Lipinski definition) is 0. The van der Waals surface area contributed by atoms with E-state index < -0.39 is 0 Å². The van der Waals surface area contributed by atoms with E-state index in [1.807, 2.05) is 37.3 Å². The third kappa shape index (κ3) is 4.54. The van der Waals surface area contributed by atoms with Gasteiger partial charge in [-0.2, -0.15) is 0 Å². The highest BCUT2D eigenvalue weighted by atomic mass is 32.2. The summed E-state index contributed by atoms with van der Waals surface area (Å²) in [5.74, 6) is 0.912. The lowest BCUT2D eigenvalue weighted by molar-refractivity contribution is -0.123. The number of hydrogen-bond acceptors (Lipinski definition) is 5. The van der Waals surface area contributed by atoms with Crippen molar-refractivity contribution in [3.63, 3.8) is 0 Å². The molecule has 5 nitrogen and oxygen atoms in total. The second-order valence-corrected chi connectivity index (χ2v) is 7.65. The summed E-state index contributed by atoms with van der Waals surface area (Å²) in [5.41, 5.74) is 3.71. The molecule has 3 rings (SSSR count). The van der Waals surface area contributed by atoms with E-state index in [0.717, 1.165) is 34.0 Å². The zero-order valence-corrected chi connectivity index (χ0v) is 17.5. The molecule has 2 aromatic rings. The molecule has 0 bridgehead atoms. The molecule has 0 N–H and O–H groups in total. The molecule has 0 spiro atoms. The number of methoxy groups -OCH3 is 2. The van der Waals surface area contributed by atoms with Gasteiger partial charge in [-0.3, -0.25) is 14.5 Å². The fourth-order valence-corrected chi connectivity index (χ4v) is 3.96. The van der Waals surface area contributed by atoms with Gasteiger partial charge in [-0.25, -0.2) is 0 Å². The average molecular weight is 410 g/mol. The number of imide groups is 1. The Morgan fingerprint density at radius 3 is 2.45 bits per heavy atom. The van der Waals surface area contributed by atoms with Crippen LogP contribution in [0.4, 0.5) is 4.79 Å². The van der Waals surface area contributed by atoms with Gasteiger partial charge in [-0.05, 0) is 54.4 Å². The number of aryl methyl sites for hydroxylation is 1. The van der Waals surface area contributed by atoms with Crippen LogP contribution in [0.25, 0.3) is 6.08 Å². The number of rotatable bonds is 7. The number of amides is 2. The van der Waals surface area contributed by atoms with E-state index in [0.29, 0.717) is 22.8 Å². The van der Waals surface area contributed by atoms with Crippen molar-refractivity contribution in [3.05, 3.63) is 76.2 Å². The number of carbonyl (C=O) groups is 2. The highest BCUT2D eigenvalue weighted by molar-refractivity contribution is 8.18. The molecule has 0 saturated carbocycles. The molecule has 1 fully saturated rings. The van der Waals surface area contributed by atoms with Crippen LogP contribution in [0.5, 0.6) is 11.5 Å². The van der Waals surface area contributed by atoms with Crippen molar-refractivity contribution in [2.45, 2.75) is 19.9 Å². The zero-order valence-electron chi connectivity index (χ0n) is 16.7. The molecular formula is C23H23NO4S. The minimum atomic E-state index is -0.291. The number of thioether (sulfide) groups is 1. The first-order valence-electron chi connectivity index (χ1n) is 9.13. The summed E-state index contributed by atoms with van der Waals surface area (Å²) in [4.78, 5) is 26.9. The third-order valence-corrected chi connectivity index (χ3v) is 5.48. The third-order valence-electron chi connectivity index (χ3n) is 4.58. The van der Waals surface area contributed by atoms with Crippen LogP contribution in [0.3, 0.4) is 0 Å². The van der Waals surface area contributed by atoms with Gasteiger partial charge in [0, 0.05) is 5.56 Å². The first-order chi connectivity index (χ1) is 14.0. The largest absolute Gasteiger partial charge is 0.493 e. The van der Waals surface area contributed by atoms with Gasteiger partial charge in [0.05, 0.1) is 25.7 Å². The van der Waals surface area contributed by atoms with Crippen LogP contribution < -0.4 is 9.47 Å². The van der Waals surface area contributed by atoms with Crippen LogP contribution in [0, 0.1) is 6.92 Å². The minimum Gasteiger partial charge on any atom is -0.493 e. The van der Waals surface area contributed by atoms with E-state index >= 15 is 0 Å². The standard InChI is InChI=1S/C23H23NO4S/c1-5-6-18-11-17(12-19(27-3)21(18)28-4)13-20-22(25)24(23(26)29-20)14-16-9-7-15(2)8-10-16/h5,7-13H,1,6,14H2,2-4H3. The monoisotopic (exact) mass is 409 g/mol. The van der Waals surface area contributed by atoms with E-state index in [1.54, 1.807) is 32.4 Å². The van der Waals surface area contributed by atoms with Crippen LogP contribution in [0.1, 0.15) is 22.3 Å². The summed E-state index contributed by atoms with van der Waals surface area (Å²) in [6.07, 6.45) is 4.08. The van der Waals surface area contributed by atoms with Gasteiger partial charge in [0.2, 0.25) is 0 Å². The fourth-order valence-electron chi connectivity index (χ4n) is 3.12. The van der Waals surface area contributed by atoms with Gasteiger partial charge in [0.1, 0.15) is 0 Å². The molecule has 0 atom stereocenters. The van der Waals surface area contributed by atoms with E-state index in [4.69, 9.17) is 9.47 Å². The van der Waals surface area contributed by atoms with Crippen molar-refractivity contribution in [2.75, 3.05) is 14.2 Å². The van der Waals surface area contributed by atoms with Crippen LogP contribution in [0.15, 0.2) is 54.0 Å². The molecule has 0 aliphatic carbocycles. The smallest absolute Gasteiger partial charge is 0.293 e. The van der Waals surface area contributed by atoms with Crippen LogP contribution in [-0.2, 0) is 17.8 Å². The van der Waals surface area contributed by atoms with Gasteiger partial charge in [0.15, 0.2) is 11.5 Å². The summed E-state index contributed by atoms with van der Waals surface area (Å²) >= 11 is 0.948. The second kappa shape index (κ2) is 9.01. The predicted molar refractivity (Wildman–Crippen MR) is 116 cm³/mol. The maximum atomic E-state index is 12.8. The molecule has 6 heteroatoms. The molecule has 0 unspecified atom stereocenters. The van der Waals surface area contributed by atoms with Crippen LogP contribution in [-0.4, -0.2) is 30.3 Å². The highest BCUT2D eigenvalue weighted by Gasteiger charge is 2.35. The topological polar surface area (TPSA) is 55.8 Å². The summed E-state index contributed by atoms with van der Waals surface area (Å²) in [5, 5.41) is -0.270. The van der Waals surface area contributed by atoms with Gasteiger partial charge in [0.25, 0.3) is 11.1 Å². The fraction of sp³-hybridized carbons (Fsp3) is 0.217. The maximum Gasteiger partial charge on any atom is 0.293 e. The quantitative estimate of drug-likeness (QED) is 0.477.